The summed E-state index contributed by atoms with van der Waals surface area (Å²) >= 11 is 0. The zero-order chi connectivity index (χ0) is 22.4. The van der Waals surface area contributed by atoms with Crippen molar-refractivity contribution < 1.29 is 22.5 Å². The number of benzene rings is 2. The Kier molecular flexibility index (Phi) is 6.91. The second kappa shape index (κ2) is 9.61. The van der Waals surface area contributed by atoms with Gasteiger partial charge in [0.2, 0.25) is 0 Å². The van der Waals surface area contributed by atoms with E-state index in [4.69, 9.17) is 9.26 Å². The summed E-state index contributed by atoms with van der Waals surface area (Å²) in [6.45, 7) is 0.302. The number of sulfone groups is 1. The fourth-order valence-corrected chi connectivity index (χ4v) is 3.98. The summed E-state index contributed by atoms with van der Waals surface area (Å²) < 4.78 is 34.9. The highest BCUT2D eigenvalue weighted by Crippen LogP contribution is 2.17. The van der Waals surface area contributed by atoms with Crippen LogP contribution >= 0.6 is 0 Å². The number of carbonyl (C=O) groups is 1. The number of hydrogen-bond acceptors (Lipinski definition) is 8. The molecule has 1 amide bonds. The van der Waals surface area contributed by atoms with Gasteiger partial charge in [-0.3, -0.25) is 4.79 Å². The number of aromatic nitrogens is 2. The molecule has 164 valence electrons. The van der Waals surface area contributed by atoms with Gasteiger partial charge >= 0.3 is 11.8 Å². The van der Waals surface area contributed by atoms with Crippen molar-refractivity contribution in [2.75, 3.05) is 31.9 Å². The normalized spacial score (nSPS) is 11.2. The number of aryl methyl sites for hydroxylation is 1. The largest absolute Gasteiger partial charge is 0.497 e. The van der Waals surface area contributed by atoms with Crippen molar-refractivity contribution in [2.45, 2.75) is 17.9 Å². The Morgan fingerprint density at radius 3 is 2.39 bits per heavy atom. The molecule has 1 heterocycles. The molecule has 0 aliphatic heterocycles. The first kappa shape index (κ1) is 22.3. The standard InChI is InChI=1S/C21H24N4O5S/c1-25(2)16-6-4-15(5-7-16)14-22-20(26)21-23-19(24-30-21)12-13-31(27,28)18-10-8-17(29-3)9-11-18/h4-11H,12-14H2,1-3H3,(H,22,26). The fraction of sp³-hybridized carbons (Fsp3) is 0.286. The second-order valence-electron chi connectivity index (χ2n) is 7.00. The summed E-state index contributed by atoms with van der Waals surface area (Å²) in [7, 11) is 1.88. The van der Waals surface area contributed by atoms with Gasteiger partial charge in [-0.15, -0.1) is 0 Å². The minimum Gasteiger partial charge on any atom is -0.497 e. The van der Waals surface area contributed by atoms with E-state index in [9.17, 15) is 13.2 Å². The van der Waals surface area contributed by atoms with Crippen LogP contribution in [0.3, 0.4) is 0 Å². The van der Waals surface area contributed by atoms with Gasteiger partial charge in [0, 0.05) is 32.7 Å². The van der Waals surface area contributed by atoms with E-state index in [-0.39, 0.29) is 28.8 Å². The first-order valence-corrected chi connectivity index (χ1v) is 11.2. The van der Waals surface area contributed by atoms with Gasteiger partial charge in [0.15, 0.2) is 15.7 Å². The van der Waals surface area contributed by atoms with E-state index >= 15 is 0 Å². The molecule has 0 bridgehead atoms. The molecule has 0 fully saturated rings. The van der Waals surface area contributed by atoms with Crippen LogP contribution in [0.5, 0.6) is 5.75 Å². The highest BCUT2D eigenvalue weighted by Gasteiger charge is 2.19. The quantitative estimate of drug-likeness (QED) is 0.534. The molecule has 1 aromatic heterocycles. The highest BCUT2D eigenvalue weighted by atomic mass is 32.2. The lowest BCUT2D eigenvalue weighted by atomic mass is 10.2. The Labute approximate surface area is 180 Å². The monoisotopic (exact) mass is 444 g/mol. The summed E-state index contributed by atoms with van der Waals surface area (Å²) in [5.74, 6) is -0.216. The predicted molar refractivity (Wildman–Crippen MR) is 115 cm³/mol. The Morgan fingerprint density at radius 1 is 1.10 bits per heavy atom. The van der Waals surface area contributed by atoms with E-state index in [0.29, 0.717) is 12.3 Å². The van der Waals surface area contributed by atoms with Gasteiger partial charge in [0.25, 0.3) is 0 Å². The van der Waals surface area contributed by atoms with E-state index in [1.807, 2.05) is 43.3 Å². The highest BCUT2D eigenvalue weighted by molar-refractivity contribution is 7.91. The topological polar surface area (TPSA) is 115 Å². The summed E-state index contributed by atoms with van der Waals surface area (Å²) in [5, 5.41) is 6.42. The van der Waals surface area contributed by atoms with Gasteiger partial charge in [0.05, 0.1) is 17.8 Å². The van der Waals surface area contributed by atoms with Crippen molar-refractivity contribution in [1.82, 2.24) is 15.5 Å². The van der Waals surface area contributed by atoms with E-state index in [1.54, 1.807) is 12.1 Å². The van der Waals surface area contributed by atoms with Gasteiger partial charge in [-0.1, -0.05) is 17.3 Å². The molecule has 0 radical (unpaired) electrons. The maximum absolute atomic E-state index is 12.5. The SMILES string of the molecule is COc1ccc(S(=O)(=O)CCc2noc(C(=O)NCc3ccc(N(C)C)cc3)n2)cc1. The van der Waals surface area contributed by atoms with Gasteiger partial charge in [-0.25, -0.2) is 8.42 Å². The Hall–Kier alpha value is -3.40. The number of carbonyl (C=O) groups excluding carboxylic acids is 1. The van der Waals surface area contributed by atoms with Crippen molar-refractivity contribution in [1.29, 1.82) is 0 Å². The lowest BCUT2D eigenvalue weighted by Crippen LogP contribution is -2.23. The first-order valence-electron chi connectivity index (χ1n) is 9.52. The van der Waals surface area contributed by atoms with Gasteiger partial charge in [-0.05, 0) is 42.0 Å². The number of amides is 1. The van der Waals surface area contributed by atoms with Gasteiger partial charge in [0.1, 0.15) is 5.75 Å². The molecule has 0 aliphatic carbocycles. The van der Waals surface area contributed by atoms with Crippen LogP contribution in [0.4, 0.5) is 5.69 Å². The first-order chi connectivity index (χ1) is 14.8. The Balaban J connectivity index is 1.54. The Bertz CT molecular complexity index is 1120. The Morgan fingerprint density at radius 2 is 1.77 bits per heavy atom. The lowest BCUT2D eigenvalue weighted by molar-refractivity contribution is 0.0907. The third-order valence-corrected chi connectivity index (χ3v) is 6.31. The number of methoxy groups -OCH3 is 1. The number of rotatable bonds is 9. The van der Waals surface area contributed by atoms with Crippen molar-refractivity contribution in [3.8, 4) is 5.75 Å². The molecule has 9 nitrogen and oxygen atoms in total. The number of nitrogens with one attached hydrogen (secondary N) is 1. The van der Waals surface area contributed by atoms with E-state index in [2.05, 4.69) is 15.5 Å². The van der Waals surface area contributed by atoms with Crippen LogP contribution in [-0.4, -0.2) is 51.4 Å². The molecule has 10 heteroatoms. The van der Waals surface area contributed by atoms with Crippen LogP contribution in [0.15, 0.2) is 57.9 Å². The summed E-state index contributed by atoms with van der Waals surface area (Å²) in [6.07, 6.45) is 0.0249. The van der Waals surface area contributed by atoms with Crippen LogP contribution in [-0.2, 0) is 22.8 Å². The second-order valence-corrected chi connectivity index (χ2v) is 9.11. The van der Waals surface area contributed by atoms with Crippen LogP contribution in [0.1, 0.15) is 22.1 Å². The molecule has 2 aromatic carbocycles. The zero-order valence-electron chi connectivity index (χ0n) is 17.5. The van der Waals surface area contributed by atoms with Crippen LogP contribution in [0.25, 0.3) is 0 Å². The molecule has 1 N–H and O–H groups in total. The van der Waals surface area contributed by atoms with Gasteiger partial charge in [-0.2, -0.15) is 4.98 Å². The number of anilines is 1. The molecular formula is C21H24N4O5S. The molecule has 0 saturated heterocycles. The summed E-state index contributed by atoms with van der Waals surface area (Å²) in [5.41, 5.74) is 1.98. The third-order valence-electron chi connectivity index (χ3n) is 4.58. The molecular weight excluding hydrogens is 420 g/mol. The van der Waals surface area contributed by atoms with Crippen LogP contribution in [0, 0.1) is 0 Å². The average Bonchev–Trinajstić information content (AvgIpc) is 3.26. The van der Waals surface area contributed by atoms with Crippen molar-refractivity contribution in [2.24, 2.45) is 0 Å². The summed E-state index contributed by atoms with van der Waals surface area (Å²) in [6, 6.07) is 13.9. The number of ether oxygens (including phenoxy) is 1. The van der Waals surface area contributed by atoms with E-state index in [1.165, 1.54) is 19.2 Å². The molecule has 0 aliphatic rings. The molecule has 3 aromatic rings. The van der Waals surface area contributed by atoms with Crippen LogP contribution < -0.4 is 15.0 Å². The summed E-state index contributed by atoms with van der Waals surface area (Å²) in [4.78, 5) is 18.4. The number of hydrogen-bond donors (Lipinski definition) is 1. The van der Waals surface area contributed by atoms with E-state index < -0.39 is 15.7 Å². The maximum atomic E-state index is 12.5. The molecule has 0 spiro atoms. The average molecular weight is 445 g/mol. The van der Waals surface area contributed by atoms with Crippen LogP contribution in [0.2, 0.25) is 0 Å². The van der Waals surface area contributed by atoms with E-state index in [0.717, 1.165) is 11.3 Å². The third kappa shape index (κ3) is 5.82. The molecule has 0 atom stereocenters. The van der Waals surface area contributed by atoms with Crippen molar-refractivity contribution in [3.63, 3.8) is 0 Å². The van der Waals surface area contributed by atoms with Crippen molar-refractivity contribution >= 4 is 21.4 Å². The smallest absolute Gasteiger partial charge is 0.315 e. The zero-order valence-corrected chi connectivity index (χ0v) is 18.3. The molecule has 3 rings (SSSR count). The van der Waals surface area contributed by atoms with Gasteiger partial charge < -0.3 is 19.5 Å². The number of nitrogens with zero attached hydrogens (tertiary/aromatic N) is 3. The fourth-order valence-electron chi connectivity index (χ4n) is 2.74. The minimum atomic E-state index is -3.53. The minimum absolute atomic E-state index is 0.0249. The van der Waals surface area contributed by atoms with Crippen molar-refractivity contribution in [3.05, 3.63) is 65.8 Å². The predicted octanol–water partition coefficient (Wildman–Crippen LogP) is 2.09. The maximum Gasteiger partial charge on any atom is 0.315 e. The molecule has 31 heavy (non-hydrogen) atoms. The molecule has 0 saturated carbocycles. The molecule has 0 unspecified atom stereocenters. The lowest BCUT2D eigenvalue weighted by Gasteiger charge is -2.12.